The summed E-state index contributed by atoms with van der Waals surface area (Å²) in [7, 11) is -2.22. The van der Waals surface area contributed by atoms with Crippen LogP contribution in [0.2, 0.25) is 5.02 Å². The van der Waals surface area contributed by atoms with E-state index in [-0.39, 0.29) is 11.4 Å². The highest BCUT2D eigenvalue weighted by molar-refractivity contribution is 7.92. The molecule has 0 fully saturated rings. The number of rotatable bonds is 8. The van der Waals surface area contributed by atoms with Crippen molar-refractivity contribution in [1.29, 1.82) is 0 Å². The molecule has 0 atom stereocenters. The third kappa shape index (κ3) is 5.59. The summed E-state index contributed by atoms with van der Waals surface area (Å²) in [6.07, 6.45) is 0. The molecule has 0 bridgehead atoms. The van der Waals surface area contributed by atoms with Crippen molar-refractivity contribution < 1.29 is 17.9 Å². The molecule has 0 unspecified atom stereocenters. The molecule has 1 heterocycles. The Morgan fingerprint density at radius 1 is 1.03 bits per heavy atom. The van der Waals surface area contributed by atoms with E-state index < -0.39 is 21.5 Å². The fourth-order valence-corrected chi connectivity index (χ4v) is 4.91. The summed E-state index contributed by atoms with van der Waals surface area (Å²) in [5.41, 5.74) is 0.809. The molecule has 152 valence electrons. The number of amides is 1. The van der Waals surface area contributed by atoms with Gasteiger partial charge in [0.2, 0.25) is 5.91 Å². The number of hydrogen-bond donors (Lipinski definition) is 0. The molecule has 0 radical (unpaired) electrons. The number of benzene rings is 2. The monoisotopic (exact) mass is 449 g/mol. The third-order valence-electron chi connectivity index (χ3n) is 4.32. The quantitative estimate of drug-likeness (QED) is 0.511. The fraction of sp³-hybridized carbons (Fsp3) is 0.190. The molecule has 0 aliphatic heterocycles. The molecular formula is C21H20ClNO4S2. The second-order valence-corrected chi connectivity index (χ2v) is 9.81. The zero-order chi connectivity index (χ0) is 20.9. The molecule has 3 aromatic rings. The highest BCUT2D eigenvalue weighted by Crippen LogP contribution is 2.23. The van der Waals surface area contributed by atoms with Crippen molar-refractivity contribution in [2.75, 3.05) is 12.9 Å². The average molecular weight is 450 g/mol. The third-order valence-corrected chi connectivity index (χ3v) is 7.05. The standard InChI is InChI=1S/C21H20ClNO4S2/c1-27-20-7-3-2-5-16(20)13-23(14-18-6-4-12-28-18)21(24)15-29(25,26)19-10-8-17(22)9-11-19/h2-12H,13-15H2,1H3. The Hall–Kier alpha value is -2.35. The van der Waals surface area contributed by atoms with Gasteiger partial charge in [0.05, 0.1) is 18.6 Å². The van der Waals surface area contributed by atoms with E-state index in [0.29, 0.717) is 17.3 Å². The zero-order valence-electron chi connectivity index (χ0n) is 15.7. The largest absolute Gasteiger partial charge is 0.496 e. The molecule has 0 saturated carbocycles. The highest BCUT2D eigenvalue weighted by Gasteiger charge is 2.25. The van der Waals surface area contributed by atoms with E-state index in [2.05, 4.69) is 0 Å². The summed E-state index contributed by atoms with van der Waals surface area (Å²) in [6, 6.07) is 17.0. The molecule has 2 aromatic carbocycles. The lowest BCUT2D eigenvalue weighted by Crippen LogP contribution is -2.34. The maximum Gasteiger partial charge on any atom is 0.238 e. The molecule has 0 spiro atoms. The summed E-state index contributed by atoms with van der Waals surface area (Å²) < 4.78 is 30.8. The van der Waals surface area contributed by atoms with E-state index in [0.717, 1.165) is 10.4 Å². The van der Waals surface area contributed by atoms with Crippen LogP contribution in [0, 0.1) is 0 Å². The van der Waals surface area contributed by atoms with Crippen LogP contribution in [-0.2, 0) is 27.7 Å². The fourth-order valence-electron chi connectivity index (χ4n) is 2.84. The van der Waals surface area contributed by atoms with Crippen LogP contribution in [0.4, 0.5) is 0 Å². The molecule has 1 aromatic heterocycles. The smallest absolute Gasteiger partial charge is 0.238 e. The van der Waals surface area contributed by atoms with Crippen molar-refractivity contribution in [1.82, 2.24) is 4.90 Å². The molecule has 29 heavy (non-hydrogen) atoms. The lowest BCUT2D eigenvalue weighted by atomic mass is 10.2. The minimum Gasteiger partial charge on any atom is -0.496 e. The first-order valence-corrected chi connectivity index (χ1v) is 11.7. The minimum atomic E-state index is -3.79. The van der Waals surface area contributed by atoms with Crippen LogP contribution < -0.4 is 4.74 Å². The van der Waals surface area contributed by atoms with Crippen molar-refractivity contribution in [2.45, 2.75) is 18.0 Å². The molecule has 5 nitrogen and oxygen atoms in total. The summed E-state index contributed by atoms with van der Waals surface area (Å²) in [5.74, 6) is -0.439. The van der Waals surface area contributed by atoms with Gasteiger partial charge in [-0.3, -0.25) is 4.79 Å². The van der Waals surface area contributed by atoms with E-state index in [1.807, 2.05) is 41.8 Å². The van der Waals surface area contributed by atoms with Crippen LogP contribution in [0.3, 0.4) is 0 Å². The van der Waals surface area contributed by atoms with Gasteiger partial charge < -0.3 is 9.64 Å². The lowest BCUT2D eigenvalue weighted by Gasteiger charge is -2.23. The molecule has 0 saturated heterocycles. The molecule has 0 aliphatic carbocycles. The van der Waals surface area contributed by atoms with E-state index >= 15 is 0 Å². The van der Waals surface area contributed by atoms with Crippen molar-refractivity contribution >= 4 is 38.7 Å². The number of thiophene rings is 1. The molecular weight excluding hydrogens is 430 g/mol. The maximum absolute atomic E-state index is 13.0. The predicted octanol–water partition coefficient (Wildman–Crippen LogP) is 4.41. The Labute approximate surface area is 179 Å². The van der Waals surface area contributed by atoms with Crippen LogP contribution >= 0.6 is 22.9 Å². The maximum atomic E-state index is 13.0. The summed E-state index contributed by atoms with van der Waals surface area (Å²) in [6.45, 7) is 0.571. The SMILES string of the molecule is COc1ccccc1CN(Cc1cccs1)C(=O)CS(=O)(=O)c1ccc(Cl)cc1. The summed E-state index contributed by atoms with van der Waals surface area (Å²) in [4.78, 5) is 15.6. The number of sulfone groups is 1. The minimum absolute atomic E-state index is 0.0728. The van der Waals surface area contributed by atoms with E-state index in [1.165, 1.54) is 40.5 Å². The first-order chi connectivity index (χ1) is 13.9. The number of carbonyl (C=O) groups excluding carboxylic acids is 1. The summed E-state index contributed by atoms with van der Waals surface area (Å²) >= 11 is 7.35. The van der Waals surface area contributed by atoms with Crippen LogP contribution in [0.25, 0.3) is 0 Å². The Balaban J connectivity index is 1.84. The van der Waals surface area contributed by atoms with Gasteiger partial charge >= 0.3 is 0 Å². The van der Waals surface area contributed by atoms with Gasteiger partial charge in [0.15, 0.2) is 9.84 Å². The normalized spacial score (nSPS) is 11.2. The lowest BCUT2D eigenvalue weighted by molar-refractivity contribution is -0.129. The number of para-hydroxylation sites is 1. The number of hydrogen-bond acceptors (Lipinski definition) is 5. The van der Waals surface area contributed by atoms with E-state index in [9.17, 15) is 13.2 Å². The Kier molecular flexibility index (Phi) is 6.95. The van der Waals surface area contributed by atoms with Gasteiger partial charge in [-0.05, 0) is 41.8 Å². The van der Waals surface area contributed by atoms with Gasteiger partial charge in [0.1, 0.15) is 11.5 Å². The van der Waals surface area contributed by atoms with Gasteiger partial charge in [-0.25, -0.2) is 8.42 Å². The van der Waals surface area contributed by atoms with E-state index in [1.54, 1.807) is 7.11 Å². The van der Waals surface area contributed by atoms with Crippen LogP contribution in [-0.4, -0.2) is 32.1 Å². The molecule has 0 N–H and O–H groups in total. The molecule has 1 amide bonds. The Morgan fingerprint density at radius 3 is 2.41 bits per heavy atom. The highest BCUT2D eigenvalue weighted by atomic mass is 35.5. The topological polar surface area (TPSA) is 63.7 Å². The Bertz CT molecular complexity index is 1060. The second-order valence-electron chi connectivity index (χ2n) is 6.35. The molecule has 0 aliphatic rings. The second kappa shape index (κ2) is 9.43. The van der Waals surface area contributed by atoms with Gasteiger partial charge in [0.25, 0.3) is 0 Å². The van der Waals surface area contributed by atoms with Gasteiger partial charge in [0, 0.05) is 22.0 Å². The predicted molar refractivity (Wildman–Crippen MR) is 115 cm³/mol. The number of carbonyl (C=O) groups is 1. The van der Waals surface area contributed by atoms with E-state index in [4.69, 9.17) is 16.3 Å². The number of methoxy groups -OCH3 is 1. The van der Waals surface area contributed by atoms with Gasteiger partial charge in [-0.2, -0.15) is 0 Å². The van der Waals surface area contributed by atoms with Crippen molar-refractivity contribution in [3.63, 3.8) is 0 Å². The molecule has 8 heteroatoms. The Morgan fingerprint density at radius 2 is 1.76 bits per heavy atom. The first kappa shape index (κ1) is 21.4. The van der Waals surface area contributed by atoms with Crippen LogP contribution in [0.1, 0.15) is 10.4 Å². The first-order valence-electron chi connectivity index (χ1n) is 8.79. The average Bonchev–Trinajstić information content (AvgIpc) is 3.21. The summed E-state index contributed by atoms with van der Waals surface area (Å²) in [5, 5.41) is 2.36. The number of nitrogens with zero attached hydrogens (tertiary/aromatic N) is 1. The zero-order valence-corrected chi connectivity index (χ0v) is 18.1. The number of ether oxygens (including phenoxy) is 1. The van der Waals surface area contributed by atoms with Crippen molar-refractivity contribution in [2.24, 2.45) is 0 Å². The van der Waals surface area contributed by atoms with Gasteiger partial charge in [-0.15, -0.1) is 11.3 Å². The van der Waals surface area contributed by atoms with Crippen LogP contribution in [0.15, 0.2) is 70.9 Å². The van der Waals surface area contributed by atoms with Crippen molar-refractivity contribution in [3.8, 4) is 5.75 Å². The number of halogens is 1. The van der Waals surface area contributed by atoms with Crippen LogP contribution in [0.5, 0.6) is 5.75 Å². The van der Waals surface area contributed by atoms with Gasteiger partial charge in [-0.1, -0.05) is 35.9 Å². The molecule has 3 rings (SSSR count). The van der Waals surface area contributed by atoms with Crippen molar-refractivity contribution in [3.05, 3.63) is 81.5 Å².